The molecule has 0 saturated heterocycles. The average molecular weight is 715 g/mol. The summed E-state index contributed by atoms with van der Waals surface area (Å²) in [5, 5.41) is 9.30. The van der Waals surface area contributed by atoms with Gasteiger partial charge < -0.3 is 34.9 Å². The molecule has 1 aliphatic carbocycles. The van der Waals surface area contributed by atoms with Crippen LogP contribution in [0.5, 0.6) is 17.2 Å². The van der Waals surface area contributed by atoms with E-state index in [-0.39, 0.29) is 33.8 Å². The normalized spacial score (nSPS) is 14.5. The summed E-state index contributed by atoms with van der Waals surface area (Å²) < 4.78 is 22.2. The van der Waals surface area contributed by atoms with Gasteiger partial charge in [0.25, 0.3) is 0 Å². The second-order valence-corrected chi connectivity index (χ2v) is 13.1. The van der Waals surface area contributed by atoms with E-state index in [1.54, 1.807) is 19.2 Å². The monoisotopic (exact) mass is 714 g/mol. The maximum Gasteiger partial charge on any atom is 0.358 e. The molecule has 4 aromatic rings. The SMILES string of the molecule is CC[C@H](C)[C@@H](Nc1ccc2c(cc1=O)[C@@H](NC(C)=O)CCc1cc(OC)c(OC)c(OC)c1-2)C(=O)Nc1nc(C(=O)OC)c(-c2ccccc2)s1. The molecule has 1 aromatic heterocycles. The van der Waals surface area contributed by atoms with Crippen LogP contribution in [-0.4, -0.2) is 57.2 Å². The van der Waals surface area contributed by atoms with Crippen LogP contribution in [0.15, 0.2) is 59.4 Å². The Morgan fingerprint density at radius 2 is 1.71 bits per heavy atom. The molecule has 0 radical (unpaired) electrons. The highest BCUT2D eigenvalue weighted by Crippen LogP contribution is 2.50. The number of nitrogens with one attached hydrogen (secondary N) is 3. The van der Waals surface area contributed by atoms with Crippen LogP contribution >= 0.6 is 11.3 Å². The lowest BCUT2D eigenvalue weighted by atomic mass is 9.95. The largest absolute Gasteiger partial charge is 0.493 e. The number of rotatable bonds is 12. The third kappa shape index (κ3) is 7.68. The molecule has 3 aromatic carbocycles. The van der Waals surface area contributed by atoms with E-state index in [1.807, 2.05) is 50.2 Å². The number of methoxy groups -OCH3 is 4. The number of hydrogen-bond acceptors (Lipinski definition) is 11. The molecule has 0 bridgehead atoms. The van der Waals surface area contributed by atoms with Crippen molar-refractivity contribution in [1.82, 2.24) is 10.3 Å². The fraction of sp³-hybridized carbons (Fsp3) is 0.342. The summed E-state index contributed by atoms with van der Waals surface area (Å²) in [6.45, 7) is 5.30. The van der Waals surface area contributed by atoms with Gasteiger partial charge in [0.1, 0.15) is 6.04 Å². The van der Waals surface area contributed by atoms with Gasteiger partial charge in [-0.25, -0.2) is 9.78 Å². The van der Waals surface area contributed by atoms with Gasteiger partial charge in [-0.15, -0.1) is 0 Å². The molecular weight excluding hydrogens is 673 g/mol. The molecule has 2 amide bonds. The molecule has 1 heterocycles. The van der Waals surface area contributed by atoms with E-state index in [2.05, 4.69) is 20.9 Å². The minimum Gasteiger partial charge on any atom is -0.493 e. The smallest absolute Gasteiger partial charge is 0.358 e. The Morgan fingerprint density at radius 1 is 0.980 bits per heavy atom. The van der Waals surface area contributed by atoms with Crippen molar-refractivity contribution >= 4 is 39.9 Å². The van der Waals surface area contributed by atoms with E-state index >= 15 is 0 Å². The lowest BCUT2D eigenvalue weighted by Crippen LogP contribution is -2.40. The van der Waals surface area contributed by atoms with Gasteiger partial charge in [0.15, 0.2) is 22.3 Å². The van der Waals surface area contributed by atoms with E-state index in [1.165, 1.54) is 34.3 Å². The minimum atomic E-state index is -0.854. The third-order valence-electron chi connectivity index (χ3n) is 8.99. The van der Waals surface area contributed by atoms with Crippen LogP contribution in [0, 0.1) is 5.92 Å². The first-order valence-electron chi connectivity index (χ1n) is 16.5. The maximum absolute atomic E-state index is 14.0. The van der Waals surface area contributed by atoms with Crippen LogP contribution < -0.4 is 35.6 Å². The standard InChI is InChI=1S/C38H42N4O8S/c1-8-20(2)31(36(45)42-38-41-32(37(46)50-7)35(51-38)22-12-10-9-11-13-22)40-27-17-15-24-25(19-28(27)44)26(39-21(3)43)16-14-23-18-29(47-4)33(48-5)34(49-6)30(23)24/h9-13,15,17-20,26,31H,8,14,16H2,1-7H3,(H,39,43)(H,40,44)(H,41,42,45)/t20-,26-,31+/m0/s1. The van der Waals surface area contributed by atoms with Gasteiger partial charge in [-0.3, -0.25) is 14.4 Å². The molecule has 268 valence electrons. The number of aromatic nitrogens is 1. The highest BCUT2D eigenvalue weighted by Gasteiger charge is 2.31. The second kappa shape index (κ2) is 16.1. The van der Waals surface area contributed by atoms with Gasteiger partial charge in [-0.05, 0) is 59.2 Å². The summed E-state index contributed by atoms with van der Waals surface area (Å²) in [5.74, 6) is -0.174. The summed E-state index contributed by atoms with van der Waals surface area (Å²) >= 11 is 1.16. The van der Waals surface area contributed by atoms with E-state index in [0.29, 0.717) is 52.5 Å². The van der Waals surface area contributed by atoms with Crippen molar-refractivity contribution in [2.75, 3.05) is 39.1 Å². The van der Waals surface area contributed by atoms with E-state index < -0.39 is 24.0 Å². The lowest BCUT2D eigenvalue weighted by molar-refractivity contribution is -0.120. The van der Waals surface area contributed by atoms with Gasteiger partial charge in [0.05, 0.1) is 45.0 Å². The summed E-state index contributed by atoms with van der Waals surface area (Å²) in [6.07, 6.45) is 1.69. The molecule has 1 aliphatic rings. The van der Waals surface area contributed by atoms with Gasteiger partial charge in [0, 0.05) is 12.5 Å². The van der Waals surface area contributed by atoms with E-state index in [9.17, 15) is 19.2 Å². The number of anilines is 2. The quantitative estimate of drug-likeness (QED) is 0.144. The molecule has 0 unspecified atom stereocenters. The molecule has 0 fully saturated rings. The van der Waals surface area contributed by atoms with Crippen molar-refractivity contribution in [3.63, 3.8) is 0 Å². The Morgan fingerprint density at radius 3 is 2.33 bits per heavy atom. The van der Waals surface area contributed by atoms with Crippen LogP contribution in [0.4, 0.5) is 10.8 Å². The number of aryl methyl sites for hydroxylation is 1. The number of fused-ring (bicyclic) bond motifs is 3. The summed E-state index contributed by atoms with van der Waals surface area (Å²) in [4.78, 5) is 57.9. The third-order valence-corrected chi connectivity index (χ3v) is 10.0. The van der Waals surface area contributed by atoms with Gasteiger partial charge in [-0.2, -0.15) is 0 Å². The molecule has 12 nitrogen and oxygen atoms in total. The summed E-state index contributed by atoms with van der Waals surface area (Å²) in [5.41, 5.74) is 3.54. The zero-order chi connectivity index (χ0) is 36.8. The number of nitrogens with zero attached hydrogens (tertiary/aromatic N) is 1. The summed E-state index contributed by atoms with van der Waals surface area (Å²) in [6, 6.07) is 14.7. The number of carbonyl (C=O) groups is 3. The Bertz CT molecular complexity index is 2000. The molecule has 3 N–H and O–H groups in total. The van der Waals surface area contributed by atoms with Crippen LogP contribution in [0.2, 0.25) is 0 Å². The average Bonchev–Trinajstić information content (AvgIpc) is 3.42. The number of ether oxygens (including phenoxy) is 4. The lowest BCUT2D eigenvalue weighted by Gasteiger charge is -2.23. The molecule has 0 spiro atoms. The first-order chi connectivity index (χ1) is 24.5. The van der Waals surface area contributed by atoms with Gasteiger partial charge in [-0.1, -0.05) is 68.0 Å². The molecule has 3 atom stereocenters. The first kappa shape index (κ1) is 36.8. The summed E-state index contributed by atoms with van der Waals surface area (Å²) in [7, 11) is 5.89. The van der Waals surface area contributed by atoms with Crippen LogP contribution in [0.1, 0.15) is 61.3 Å². The van der Waals surface area contributed by atoms with Crippen molar-refractivity contribution in [1.29, 1.82) is 0 Å². The Labute approximate surface area is 300 Å². The number of thiazole rings is 1. The van der Waals surface area contributed by atoms with Crippen LogP contribution in [0.3, 0.4) is 0 Å². The number of carbonyl (C=O) groups excluding carboxylic acids is 3. The van der Waals surface area contributed by atoms with Crippen molar-refractivity contribution in [2.24, 2.45) is 5.92 Å². The maximum atomic E-state index is 14.0. The molecule has 13 heteroatoms. The van der Waals surface area contributed by atoms with Crippen LogP contribution in [0.25, 0.3) is 21.6 Å². The Balaban J connectivity index is 1.57. The number of benzene rings is 2. The molecule has 51 heavy (non-hydrogen) atoms. The molecule has 0 aliphatic heterocycles. The predicted octanol–water partition coefficient (Wildman–Crippen LogP) is 6.24. The zero-order valence-electron chi connectivity index (χ0n) is 29.7. The predicted molar refractivity (Wildman–Crippen MR) is 197 cm³/mol. The van der Waals surface area contributed by atoms with Crippen molar-refractivity contribution in [3.05, 3.63) is 81.6 Å². The number of amides is 2. The first-order valence-corrected chi connectivity index (χ1v) is 17.4. The molecule has 5 rings (SSSR count). The number of hydrogen-bond donors (Lipinski definition) is 3. The minimum absolute atomic E-state index is 0.0918. The fourth-order valence-electron chi connectivity index (χ4n) is 6.27. The zero-order valence-corrected chi connectivity index (χ0v) is 30.5. The topological polar surface area (TPSA) is 154 Å². The number of esters is 1. The Kier molecular flexibility index (Phi) is 11.6. The second-order valence-electron chi connectivity index (χ2n) is 12.1. The fourth-order valence-corrected chi connectivity index (χ4v) is 7.23. The van der Waals surface area contributed by atoms with E-state index in [4.69, 9.17) is 18.9 Å². The van der Waals surface area contributed by atoms with Crippen molar-refractivity contribution in [3.8, 4) is 38.8 Å². The highest BCUT2D eigenvalue weighted by molar-refractivity contribution is 7.19. The Hall–Kier alpha value is -5.43. The van der Waals surface area contributed by atoms with Crippen LogP contribution in [-0.2, 0) is 20.7 Å². The van der Waals surface area contributed by atoms with E-state index in [0.717, 1.165) is 28.0 Å². The van der Waals surface area contributed by atoms with Gasteiger partial charge in [0.2, 0.25) is 23.0 Å². The van der Waals surface area contributed by atoms with Crippen molar-refractivity contribution in [2.45, 2.75) is 52.1 Å². The molecule has 0 saturated carbocycles. The van der Waals surface area contributed by atoms with Crippen molar-refractivity contribution < 1.29 is 33.3 Å². The highest BCUT2D eigenvalue weighted by atomic mass is 32.1. The van der Waals surface area contributed by atoms with Gasteiger partial charge >= 0.3 is 5.97 Å². The molecular formula is C38H42N4O8S.